The van der Waals surface area contributed by atoms with Crippen molar-refractivity contribution in [3.63, 3.8) is 0 Å². The molecule has 28 heavy (non-hydrogen) atoms. The van der Waals surface area contributed by atoms with Crippen molar-refractivity contribution in [2.75, 3.05) is 0 Å². The van der Waals surface area contributed by atoms with Crippen LogP contribution in [0.4, 0.5) is 0 Å². The van der Waals surface area contributed by atoms with Crippen molar-refractivity contribution in [3.8, 4) is 17.2 Å². The Morgan fingerprint density at radius 1 is 0.964 bits per heavy atom. The Hall–Kier alpha value is -3.24. The number of carboxylic acids is 1. The van der Waals surface area contributed by atoms with Crippen LogP contribution < -0.4 is 4.74 Å². The lowest BCUT2D eigenvalue weighted by Gasteiger charge is -2.10. The van der Waals surface area contributed by atoms with E-state index in [9.17, 15) is 9.90 Å². The van der Waals surface area contributed by atoms with Crippen LogP contribution in [-0.2, 0) is 0 Å². The lowest BCUT2D eigenvalue weighted by molar-refractivity contribution is 0.0686. The van der Waals surface area contributed by atoms with Crippen LogP contribution in [-0.4, -0.2) is 15.6 Å². The molecule has 1 N–H and O–H groups in total. The van der Waals surface area contributed by atoms with E-state index in [1.807, 2.05) is 62.4 Å². The molecule has 0 atom stereocenters. The Labute approximate surface area is 167 Å². The van der Waals surface area contributed by atoms with Crippen LogP contribution >= 0.6 is 11.6 Å². The molecule has 0 aliphatic carbocycles. The average Bonchev–Trinajstić information content (AvgIpc) is 2.96. The maximum Gasteiger partial charge on any atom is 0.356 e. The second-order valence-corrected chi connectivity index (χ2v) is 7.17. The first-order valence-electron chi connectivity index (χ1n) is 8.83. The second-order valence-electron chi connectivity index (χ2n) is 6.73. The first-order valence-corrected chi connectivity index (χ1v) is 9.20. The third-order valence-corrected chi connectivity index (χ3v) is 4.82. The minimum absolute atomic E-state index is 0.0580. The van der Waals surface area contributed by atoms with Crippen LogP contribution in [0.1, 0.15) is 21.6 Å². The van der Waals surface area contributed by atoms with Crippen LogP contribution in [0.25, 0.3) is 16.6 Å². The van der Waals surface area contributed by atoms with E-state index in [2.05, 4.69) is 0 Å². The van der Waals surface area contributed by atoms with Gasteiger partial charge in [0.1, 0.15) is 5.75 Å². The predicted molar refractivity (Wildman–Crippen MR) is 111 cm³/mol. The van der Waals surface area contributed by atoms with Crippen LogP contribution in [0, 0.1) is 13.8 Å². The Kier molecular flexibility index (Phi) is 4.57. The summed E-state index contributed by atoms with van der Waals surface area (Å²) >= 11 is 6.21. The quantitative estimate of drug-likeness (QED) is 0.438. The highest BCUT2D eigenvalue weighted by Crippen LogP contribution is 2.39. The first kappa shape index (κ1) is 18.1. The molecule has 1 aromatic heterocycles. The number of hydrogen-bond donors (Lipinski definition) is 1. The summed E-state index contributed by atoms with van der Waals surface area (Å²) < 4.78 is 7.78. The van der Waals surface area contributed by atoms with Gasteiger partial charge in [-0.2, -0.15) is 0 Å². The molecule has 0 saturated heterocycles. The zero-order valence-electron chi connectivity index (χ0n) is 15.4. The highest BCUT2D eigenvalue weighted by atomic mass is 35.5. The van der Waals surface area contributed by atoms with E-state index in [0.717, 1.165) is 16.8 Å². The van der Waals surface area contributed by atoms with E-state index < -0.39 is 5.97 Å². The summed E-state index contributed by atoms with van der Waals surface area (Å²) in [5, 5.41) is 11.2. The Morgan fingerprint density at radius 2 is 1.71 bits per heavy atom. The number of benzene rings is 3. The lowest BCUT2D eigenvalue weighted by atomic mass is 10.2. The fourth-order valence-corrected chi connectivity index (χ4v) is 3.46. The Bertz CT molecular complexity index is 1190. The largest absolute Gasteiger partial charge is 0.476 e. The van der Waals surface area contributed by atoms with Gasteiger partial charge in [0.2, 0.25) is 0 Å². The van der Waals surface area contributed by atoms with E-state index in [1.165, 1.54) is 0 Å². The van der Waals surface area contributed by atoms with E-state index in [1.54, 1.807) is 22.8 Å². The molecule has 0 amide bonds. The molecule has 4 aromatic rings. The van der Waals surface area contributed by atoms with Gasteiger partial charge < -0.3 is 14.4 Å². The molecule has 0 radical (unpaired) electrons. The maximum absolute atomic E-state index is 12.3. The van der Waals surface area contributed by atoms with Gasteiger partial charge in [-0.15, -0.1) is 0 Å². The van der Waals surface area contributed by atoms with Gasteiger partial charge >= 0.3 is 5.97 Å². The minimum Gasteiger partial charge on any atom is -0.476 e. The molecule has 140 valence electrons. The number of rotatable bonds is 4. The average molecular weight is 392 g/mol. The highest BCUT2D eigenvalue weighted by Gasteiger charge is 2.25. The zero-order valence-corrected chi connectivity index (χ0v) is 16.2. The van der Waals surface area contributed by atoms with E-state index in [4.69, 9.17) is 16.3 Å². The number of carbonyl (C=O) groups is 1. The van der Waals surface area contributed by atoms with Crippen LogP contribution in [0.3, 0.4) is 0 Å². The number of fused-ring (bicyclic) bond motifs is 1. The molecule has 0 aliphatic rings. The van der Waals surface area contributed by atoms with Gasteiger partial charge in [0, 0.05) is 16.1 Å². The number of hydrogen-bond acceptors (Lipinski definition) is 2. The number of nitrogens with zero attached hydrogens (tertiary/aromatic N) is 1. The summed E-state index contributed by atoms with van der Waals surface area (Å²) in [6, 6.07) is 20.5. The molecule has 1 heterocycles. The van der Waals surface area contributed by atoms with Gasteiger partial charge in [-0.1, -0.05) is 41.4 Å². The molecule has 5 heteroatoms. The summed E-state index contributed by atoms with van der Waals surface area (Å²) in [5.41, 5.74) is 3.64. The fourth-order valence-electron chi connectivity index (χ4n) is 3.29. The van der Waals surface area contributed by atoms with Gasteiger partial charge in [-0.3, -0.25) is 0 Å². The lowest BCUT2D eigenvalue weighted by Crippen LogP contribution is -2.08. The molecule has 0 spiro atoms. The third kappa shape index (κ3) is 3.23. The molecule has 0 bridgehead atoms. The molecule has 4 rings (SSSR count). The third-order valence-electron chi connectivity index (χ3n) is 4.59. The number of ether oxygens (including phenoxy) is 1. The summed E-state index contributed by atoms with van der Waals surface area (Å²) in [5.74, 6) is -0.225. The van der Waals surface area contributed by atoms with Gasteiger partial charge in [0.05, 0.1) is 5.52 Å². The van der Waals surface area contributed by atoms with Crippen molar-refractivity contribution >= 4 is 28.5 Å². The normalized spacial score (nSPS) is 11.0. The molecule has 0 saturated carbocycles. The van der Waals surface area contributed by atoms with Crippen molar-refractivity contribution in [2.45, 2.75) is 13.8 Å². The maximum atomic E-state index is 12.3. The number of aromatic nitrogens is 1. The molecule has 3 aromatic carbocycles. The van der Waals surface area contributed by atoms with Gasteiger partial charge in [-0.05, 0) is 61.9 Å². The predicted octanol–water partition coefficient (Wildman–Crippen LogP) is 6.39. The standard InChI is InChI=1S/C23H18ClNO3/c1-14-6-9-17(10-7-14)25-20-11-8-16(24)13-19(20)22(21(25)23(26)27)28-18-5-3-4-15(2)12-18/h3-13H,1-2H3,(H,26,27). The minimum atomic E-state index is -1.07. The van der Waals surface area contributed by atoms with Crippen molar-refractivity contribution in [1.82, 2.24) is 4.57 Å². The SMILES string of the molecule is Cc1ccc(-n2c(C(=O)O)c(Oc3cccc(C)c3)c3cc(Cl)ccc32)cc1. The Balaban J connectivity index is 2.02. The fraction of sp³-hybridized carbons (Fsp3) is 0.0870. The van der Waals surface area contributed by atoms with E-state index >= 15 is 0 Å². The summed E-state index contributed by atoms with van der Waals surface area (Å²) in [6.07, 6.45) is 0. The number of carboxylic acid groups (broad SMARTS) is 1. The highest BCUT2D eigenvalue weighted by molar-refractivity contribution is 6.31. The molecule has 0 fully saturated rings. The number of halogens is 1. The van der Waals surface area contributed by atoms with E-state index in [0.29, 0.717) is 21.7 Å². The second kappa shape index (κ2) is 7.06. The van der Waals surface area contributed by atoms with Crippen molar-refractivity contribution < 1.29 is 14.6 Å². The summed E-state index contributed by atoms with van der Waals surface area (Å²) in [7, 11) is 0. The number of aryl methyl sites for hydroxylation is 2. The van der Waals surface area contributed by atoms with Crippen LogP contribution in [0.2, 0.25) is 5.02 Å². The molecular weight excluding hydrogens is 374 g/mol. The molecule has 4 nitrogen and oxygen atoms in total. The Morgan fingerprint density at radius 3 is 2.39 bits per heavy atom. The number of aromatic carboxylic acids is 1. The van der Waals surface area contributed by atoms with Crippen LogP contribution in [0.15, 0.2) is 66.7 Å². The summed E-state index contributed by atoms with van der Waals surface area (Å²) in [6.45, 7) is 3.94. The topological polar surface area (TPSA) is 51.5 Å². The molecular formula is C23H18ClNO3. The smallest absolute Gasteiger partial charge is 0.356 e. The van der Waals surface area contributed by atoms with E-state index in [-0.39, 0.29) is 11.4 Å². The van der Waals surface area contributed by atoms with Crippen molar-refractivity contribution in [2.24, 2.45) is 0 Å². The van der Waals surface area contributed by atoms with Crippen LogP contribution in [0.5, 0.6) is 11.5 Å². The van der Waals surface area contributed by atoms with Gasteiger partial charge in [0.25, 0.3) is 0 Å². The monoisotopic (exact) mass is 391 g/mol. The van der Waals surface area contributed by atoms with Crippen molar-refractivity contribution in [3.05, 3.63) is 88.6 Å². The molecule has 0 unspecified atom stereocenters. The molecule has 0 aliphatic heterocycles. The first-order chi connectivity index (χ1) is 13.4. The van der Waals surface area contributed by atoms with Crippen molar-refractivity contribution in [1.29, 1.82) is 0 Å². The van der Waals surface area contributed by atoms with Gasteiger partial charge in [0.15, 0.2) is 11.4 Å². The summed E-state index contributed by atoms with van der Waals surface area (Å²) in [4.78, 5) is 12.3. The zero-order chi connectivity index (χ0) is 19.8. The van der Waals surface area contributed by atoms with Gasteiger partial charge in [-0.25, -0.2) is 4.79 Å².